The van der Waals surface area contributed by atoms with E-state index in [4.69, 9.17) is 0 Å². The fourth-order valence-electron chi connectivity index (χ4n) is 2.65. The number of amides is 2. The molecule has 0 bridgehead atoms. The zero-order valence-electron chi connectivity index (χ0n) is 11.0. The van der Waals surface area contributed by atoms with Crippen molar-refractivity contribution in [3.05, 3.63) is 0 Å². The van der Waals surface area contributed by atoms with Gasteiger partial charge in [-0.2, -0.15) is 0 Å². The molecule has 0 aromatic carbocycles. The maximum Gasteiger partial charge on any atom is 0.317 e. The summed E-state index contributed by atoms with van der Waals surface area (Å²) in [4.78, 5) is 16.3. The summed E-state index contributed by atoms with van der Waals surface area (Å²) < 4.78 is 0. The molecule has 0 aromatic heterocycles. The third kappa shape index (κ3) is 3.87. The molecule has 2 aliphatic rings. The molecule has 0 radical (unpaired) electrons. The maximum atomic E-state index is 11.9. The number of nitrogens with one attached hydrogen (secondary N) is 1. The fraction of sp³-hybridized carbons (Fsp3) is 0.923. The van der Waals surface area contributed by atoms with Crippen molar-refractivity contribution in [3.63, 3.8) is 0 Å². The summed E-state index contributed by atoms with van der Waals surface area (Å²) in [7, 11) is 0. The number of carbonyl (C=O) groups excluding carboxylic acids is 1. The maximum absolute atomic E-state index is 11.9. The lowest BCUT2D eigenvalue weighted by Gasteiger charge is -2.30. The van der Waals surface area contributed by atoms with Gasteiger partial charge in [-0.15, -0.1) is 0 Å². The fourth-order valence-corrected chi connectivity index (χ4v) is 2.65. The van der Waals surface area contributed by atoms with E-state index in [1.165, 1.54) is 25.9 Å². The Kier molecular flexibility index (Phi) is 4.66. The molecule has 0 atom stereocenters. The summed E-state index contributed by atoms with van der Waals surface area (Å²) in [6, 6.07) is 0.135. The molecule has 0 spiro atoms. The molecular formula is C13H25N3O. The number of nitrogens with zero attached hydrogens (tertiary/aromatic N) is 2. The van der Waals surface area contributed by atoms with Crippen LogP contribution in [0.1, 0.15) is 32.6 Å². The first-order chi connectivity index (χ1) is 8.25. The number of rotatable bonds is 3. The second kappa shape index (κ2) is 6.24. The first-order valence-corrected chi connectivity index (χ1v) is 7.01. The molecule has 2 saturated heterocycles. The predicted octanol–water partition coefficient (Wildman–Crippen LogP) is 1.52. The van der Waals surface area contributed by atoms with Crippen molar-refractivity contribution >= 4 is 6.03 Å². The van der Waals surface area contributed by atoms with Gasteiger partial charge in [0.05, 0.1) is 0 Å². The standard InChI is InChI=1S/C13H25N3O/c1-12-4-9-16(10-5-12)13(17)14-6-11-15-7-2-3-8-15/h12H,2-11H2,1H3,(H,14,17). The molecule has 0 aromatic rings. The van der Waals surface area contributed by atoms with E-state index >= 15 is 0 Å². The largest absolute Gasteiger partial charge is 0.337 e. The van der Waals surface area contributed by atoms with E-state index in [1.54, 1.807) is 0 Å². The summed E-state index contributed by atoms with van der Waals surface area (Å²) in [5, 5.41) is 3.04. The minimum atomic E-state index is 0.135. The number of piperidine rings is 1. The van der Waals surface area contributed by atoms with E-state index in [0.29, 0.717) is 0 Å². The van der Waals surface area contributed by atoms with Crippen LogP contribution in [-0.2, 0) is 0 Å². The number of likely N-dealkylation sites (tertiary alicyclic amines) is 2. The third-order valence-electron chi connectivity index (χ3n) is 3.97. The van der Waals surface area contributed by atoms with Crippen molar-refractivity contribution in [2.24, 2.45) is 5.92 Å². The Bertz CT molecular complexity index is 243. The molecule has 2 rings (SSSR count). The zero-order chi connectivity index (χ0) is 12.1. The van der Waals surface area contributed by atoms with Crippen molar-refractivity contribution in [2.45, 2.75) is 32.6 Å². The van der Waals surface area contributed by atoms with Gasteiger partial charge in [-0.1, -0.05) is 6.92 Å². The van der Waals surface area contributed by atoms with E-state index < -0.39 is 0 Å². The van der Waals surface area contributed by atoms with Crippen LogP contribution >= 0.6 is 0 Å². The van der Waals surface area contributed by atoms with E-state index in [1.807, 2.05) is 4.90 Å². The summed E-state index contributed by atoms with van der Waals surface area (Å²) in [6.45, 7) is 8.34. The number of urea groups is 1. The molecule has 0 saturated carbocycles. The summed E-state index contributed by atoms with van der Waals surface area (Å²) in [6.07, 6.45) is 4.94. The van der Waals surface area contributed by atoms with Crippen molar-refractivity contribution < 1.29 is 4.79 Å². The van der Waals surface area contributed by atoms with Gasteiger partial charge in [0, 0.05) is 26.2 Å². The van der Waals surface area contributed by atoms with Gasteiger partial charge in [-0.25, -0.2) is 4.79 Å². The van der Waals surface area contributed by atoms with Crippen molar-refractivity contribution in [3.8, 4) is 0 Å². The first-order valence-electron chi connectivity index (χ1n) is 7.01. The lowest BCUT2D eigenvalue weighted by molar-refractivity contribution is 0.172. The zero-order valence-corrected chi connectivity index (χ0v) is 11.0. The van der Waals surface area contributed by atoms with Gasteiger partial charge in [0.1, 0.15) is 0 Å². The van der Waals surface area contributed by atoms with Crippen molar-refractivity contribution in [1.82, 2.24) is 15.1 Å². The Hall–Kier alpha value is -0.770. The van der Waals surface area contributed by atoms with Crippen LogP contribution in [0.2, 0.25) is 0 Å². The van der Waals surface area contributed by atoms with Crippen LogP contribution in [0.3, 0.4) is 0 Å². The summed E-state index contributed by atoms with van der Waals surface area (Å²) in [5.41, 5.74) is 0. The van der Waals surface area contributed by atoms with Crippen LogP contribution in [0.4, 0.5) is 4.79 Å². The van der Waals surface area contributed by atoms with Gasteiger partial charge < -0.3 is 15.1 Å². The molecule has 0 aliphatic carbocycles. The molecule has 2 fully saturated rings. The van der Waals surface area contributed by atoms with Gasteiger partial charge in [0.2, 0.25) is 0 Å². The van der Waals surface area contributed by atoms with E-state index in [-0.39, 0.29) is 6.03 Å². The van der Waals surface area contributed by atoms with E-state index in [9.17, 15) is 4.79 Å². The molecule has 2 amide bonds. The quantitative estimate of drug-likeness (QED) is 0.810. The highest BCUT2D eigenvalue weighted by Crippen LogP contribution is 2.15. The number of hydrogen-bond donors (Lipinski definition) is 1. The van der Waals surface area contributed by atoms with Gasteiger partial charge in [-0.3, -0.25) is 0 Å². The molecule has 1 N–H and O–H groups in total. The normalized spacial score (nSPS) is 23.0. The van der Waals surface area contributed by atoms with Crippen LogP contribution in [0.5, 0.6) is 0 Å². The van der Waals surface area contributed by atoms with Crippen LogP contribution in [0, 0.1) is 5.92 Å². The summed E-state index contributed by atoms with van der Waals surface area (Å²) in [5.74, 6) is 0.781. The average Bonchev–Trinajstić information content (AvgIpc) is 2.83. The van der Waals surface area contributed by atoms with Crippen molar-refractivity contribution in [1.29, 1.82) is 0 Å². The second-order valence-corrected chi connectivity index (χ2v) is 5.45. The molecule has 2 aliphatic heterocycles. The third-order valence-corrected chi connectivity index (χ3v) is 3.97. The van der Waals surface area contributed by atoms with E-state index in [2.05, 4.69) is 17.1 Å². The highest BCUT2D eigenvalue weighted by Gasteiger charge is 2.20. The SMILES string of the molecule is CC1CCN(C(=O)NCCN2CCCC2)CC1. The Morgan fingerprint density at radius 3 is 2.47 bits per heavy atom. The smallest absolute Gasteiger partial charge is 0.317 e. The molecular weight excluding hydrogens is 214 g/mol. The molecule has 0 unspecified atom stereocenters. The Morgan fingerprint density at radius 2 is 1.82 bits per heavy atom. The minimum Gasteiger partial charge on any atom is -0.337 e. The number of hydrogen-bond acceptors (Lipinski definition) is 2. The van der Waals surface area contributed by atoms with E-state index in [0.717, 1.165) is 44.9 Å². The van der Waals surface area contributed by atoms with Crippen LogP contribution in [-0.4, -0.2) is 55.1 Å². The average molecular weight is 239 g/mol. The van der Waals surface area contributed by atoms with Crippen molar-refractivity contribution in [2.75, 3.05) is 39.3 Å². The first kappa shape index (κ1) is 12.7. The number of carbonyl (C=O) groups is 1. The van der Waals surface area contributed by atoms with Crippen LogP contribution in [0.25, 0.3) is 0 Å². The van der Waals surface area contributed by atoms with Gasteiger partial charge in [-0.05, 0) is 44.7 Å². The minimum absolute atomic E-state index is 0.135. The van der Waals surface area contributed by atoms with Crippen LogP contribution < -0.4 is 5.32 Å². The monoisotopic (exact) mass is 239 g/mol. The highest BCUT2D eigenvalue weighted by atomic mass is 16.2. The summed E-state index contributed by atoms with van der Waals surface area (Å²) >= 11 is 0. The second-order valence-electron chi connectivity index (χ2n) is 5.45. The predicted molar refractivity (Wildman–Crippen MR) is 69.0 cm³/mol. The van der Waals surface area contributed by atoms with Crippen LogP contribution in [0.15, 0.2) is 0 Å². The molecule has 4 heteroatoms. The Balaban J connectivity index is 1.60. The molecule has 98 valence electrons. The lowest BCUT2D eigenvalue weighted by atomic mass is 10.00. The Morgan fingerprint density at radius 1 is 1.18 bits per heavy atom. The lowest BCUT2D eigenvalue weighted by Crippen LogP contribution is -2.45. The topological polar surface area (TPSA) is 35.6 Å². The molecule has 2 heterocycles. The molecule has 4 nitrogen and oxygen atoms in total. The van der Waals surface area contributed by atoms with Gasteiger partial charge in [0.15, 0.2) is 0 Å². The van der Waals surface area contributed by atoms with Gasteiger partial charge in [0.25, 0.3) is 0 Å². The molecule has 17 heavy (non-hydrogen) atoms. The highest BCUT2D eigenvalue weighted by molar-refractivity contribution is 5.74. The Labute approximate surface area is 104 Å². The van der Waals surface area contributed by atoms with Gasteiger partial charge >= 0.3 is 6.03 Å².